The van der Waals surface area contributed by atoms with E-state index in [0.29, 0.717) is 18.5 Å². The third-order valence-electron chi connectivity index (χ3n) is 4.83. The van der Waals surface area contributed by atoms with E-state index < -0.39 is 23.8 Å². The van der Waals surface area contributed by atoms with Crippen molar-refractivity contribution < 1.29 is 23.1 Å². The molecule has 0 bridgehead atoms. The molecule has 1 N–H and O–H groups in total. The van der Waals surface area contributed by atoms with Crippen molar-refractivity contribution in [3.8, 4) is 0 Å². The summed E-state index contributed by atoms with van der Waals surface area (Å²) in [7, 11) is 0. The Morgan fingerprint density at radius 1 is 1.00 bits per heavy atom. The second-order valence-corrected chi connectivity index (χ2v) is 6.52. The van der Waals surface area contributed by atoms with E-state index in [1.807, 2.05) is 35.2 Å². The quantitative estimate of drug-likeness (QED) is 0.853. The first-order valence-electron chi connectivity index (χ1n) is 8.58. The van der Waals surface area contributed by atoms with Crippen LogP contribution in [-0.2, 0) is 11.0 Å². The highest BCUT2D eigenvalue weighted by atomic mass is 19.4. The van der Waals surface area contributed by atoms with Crippen molar-refractivity contribution in [2.24, 2.45) is 0 Å². The van der Waals surface area contributed by atoms with Gasteiger partial charge in [0.05, 0.1) is 11.6 Å². The van der Waals surface area contributed by atoms with Crippen LogP contribution in [0.25, 0.3) is 0 Å². The predicted molar refractivity (Wildman–Crippen MR) is 91.7 cm³/mol. The van der Waals surface area contributed by atoms with Crippen LogP contribution in [0.2, 0.25) is 0 Å². The molecule has 2 unspecified atom stereocenters. The van der Waals surface area contributed by atoms with Crippen molar-refractivity contribution in [3.05, 3.63) is 71.3 Å². The van der Waals surface area contributed by atoms with Gasteiger partial charge in [-0.2, -0.15) is 13.2 Å². The highest BCUT2D eigenvalue weighted by Crippen LogP contribution is 2.36. The second kappa shape index (κ2) is 7.50. The van der Waals surface area contributed by atoms with E-state index in [1.54, 1.807) is 0 Å². The van der Waals surface area contributed by atoms with E-state index in [9.17, 15) is 23.1 Å². The van der Waals surface area contributed by atoms with Crippen LogP contribution in [0, 0.1) is 0 Å². The smallest absolute Gasteiger partial charge is 0.416 e. The van der Waals surface area contributed by atoms with E-state index in [4.69, 9.17) is 0 Å². The van der Waals surface area contributed by atoms with Crippen molar-refractivity contribution in [3.63, 3.8) is 0 Å². The summed E-state index contributed by atoms with van der Waals surface area (Å²) in [5.74, 6) is -0.891. The van der Waals surface area contributed by atoms with Crippen LogP contribution in [0.1, 0.15) is 42.0 Å². The van der Waals surface area contributed by atoms with Crippen molar-refractivity contribution in [1.82, 2.24) is 4.90 Å². The van der Waals surface area contributed by atoms with E-state index in [0.717, 1.165) is 30.5 Å². The van der Waals surface area contributed by atoms with Crippen LogP contribution in [0.4, 0.5) is 13.2 Å². The number of alkyl halides is 3. The molecule has 3 nitrogen and oxygen atoms in total. The molecule has 6 heteroatoms. The summed E-state index contributed by atoms with van der Waals surface area (Å²) in [5, 5.41) is 9.61. The largest absolute Gasteiger partial charge is 0.480 e. The van der Waals surface area contributed by atoms with Crippen LogP contribution in [0.5, 0.6) is 0 Å². The molecule has 0 aliphatic carbocycles. The zero-order valence-corrected chi connectivity index (χ0v) is 14.1. The van der Waals surface area contributed by atoms with Gasteiger partial charge in [0, 0.05) is 0 Å². The second-order valence-electron chi connectivity index (χ2n) is 6.52. The van der Waals surface area contributed by atoms with Crippen LogP contribution in [0.15, 0.2) is 54.6 Å². The van der Waals surface area contributed by atoms with Crippen molar-refractivity contribution in [2.45, 2.75) is 37.5 Å². The third-order valence-corrected chi connectivity index (χ3v) is 4.83. The highest BCUT2D eigenvalue weighted by molar-refractivity contribution is 5.73. The molecule has 1 fully saturated rings. The topological polar surface area (TPSA) is 40.5 Å². The summed E-state index contributed by atoms with van der Waals surface area (Å²) in [6.07, 6.45) is -2.15. The van der Waals surface area contributed by atoms with Gasteiger partial charge in [-0.15, -0.1) is 0 Å². The fraction of sp³-hybridized carbons (Fsp3) is 0.350. The number of carboxylic acids is 1. The summed E-state index contributed by atoms with van der Waals surface area (Å²) in [6, 6.07) is 13.3. The number of benzene rings is 2. The lowest BCUT2D eigenvalue weighted by Gasteiger charge is -2.39. The Bertz CT molecular complexity index is 744. The van der Waals surface area contributed by atoms with Gasteiger partial charge in [-0.25, -0.2) is 0 Å². The first kappa shape index (κ1) is 18.5. The molecule has 1 aliphatic heterocycles. The van der Waals surface area contributed by atoms with Gasteiger partial charge >= 0.3 is 12.1 Å². The molecule has 2 aromatic rings. The van der Waals surface area contributed by atoms with Gasteiger partial charge in [-0.3, -0.25) is 9.69 Å². The van der Waals surface area contributed by atoms with Gasteiger partial charge in [-0.05, 0) is 42.6 Å². The van der Waals surface area contributed by atoms with Gasteiger partial charge in [-0.1, -0.05) is 48.9 Å². The molecule has 2 aromatic carbocycles. The van der Waals surface area contributed by atoms with Crippen LogP contribution in [-0.4, -0.2) is 28.6 Å². The first-order chi connectivity index (χ1) is 12.4. The first-order valence-corrected chi connectivity index (χ1v) is 8.58. The minimum absolute atomic E-state index is 0.389. The molecule has 26 heavy (non-hydrogen) atoms. The Hall–Kier alpha value is -2.34. The summed E-state index contributed by atoms with van der Waals surface area (Å²) in [4.78, 5) is 13.6. The molecular weight excluding hydrogens is 343 g/mol. The molecule has 2 atom stereocenters. The minimum Gasteiger partial charge on any atom is -0.480 e. The maximum absolute atomic E-state index is 12.9. The van der Waals surface area contributed by atoms with Crippen molar-refractivity contribution in [2.75, 3.05) is 6.54 Å². The van der Waals surface area contributed by atoms with Gasteiger partial charge in [0.25, 0.3) is 0 Å². The van der Waals surface area contributed by atoms with Gasteiger partial charge in [0.2, 0.25) is 0 Å². The molecule has 0 radical (unpaired) electrons. The number of rotatable bonds is 4. The molecule has 0 aromatic heterocycles. The highest BCUT2D eigenvalue weighted by Gasteiger charge is 2.36. The number of piperidine rings is 1. The SMILES string of the molecule is O=C(O)C1CCCCN1C(c1ccccc1)c1ccc(C(F)(F)F)cc1. The summed E-state index contributed by atoms with van der Waals surface area (Å²) in [5.41, 5.74) is 0.833. The zero-order chi connectivity index (χ0) is 18.7. The lowest BCUT2D eigenvalue weighted by atomic mass is 9.91. The van der Waals surface area contributed by atoms with Crippen LogP contribution >= 0.6 is 0 Å². The summed E-state index contributed by atoms with van der Waals surface area (Å²) < 4.78 is 38.6. The number of hydrogen-bond acceptors (Lipinski definition) is 2. The van der Waals surface area contributed by atoms with Gasteiger partial charge in [0.1, 0.15) is 6.04 Å². The molecule has 1 aliphatic rings. The Morgan fingerprint density at radius 2 is 1.62 bits per heavy atom. The molecule has 0 saturated carbocycles. The van der Waals surface area contributed by atoms with E-state index in [1.165, 1.54) is 12.1 Å². The molecule has 3 rings (SSSR count). The number of carboxylic acid groups (broad SMARTS) is 1. The van der Waals surface area contributed by atoms with Gasteiger partial charge in [0.15, 0.2) is 0 Å². The third kappa shape index (κ3) is 3.90. The average Bonchev–Trinajstić information content (AvgIpc) is 2.63. The normalized spacial score (nSPS) is 19.9. The Labute approximate surface area is 150 Å². The number of hydrogen-bond donors (Lipinski definition) is 1. The Kier molecular flexibility index (Phi) is 5.32. The number of carbonyl (C=O) groups is 1. The molecule has 138 valence electrons. The molecule has 1 heterocycles. The molecule has 0 amide bonds. The lowest BCUT2D eigenvalue weighted by Crippen LogP contribution is -2.46. The monoisotopic (exact) mass is 363 g/mol. The zero-order valence-electron chi connectivity index (χ0n) is 14.1. The molecule has 1 saturated heterocycles. The Balaban J connectivity index is 2.03. The average molecular weight is 363 g/mol. The van der Waals surface area contributed by atoms with Crippen molar-refractivity contribution in [1.29, 1.82) is 0 Å². The van der Waals surface area contributed by atoms with Gasteiger partial charge < -0.3 is 5.11 Å². The molecule has 0 spiro atoms. The lowest BCUT2D eigenvalue weighted by molar-refractivity contribution is -0.145. The van der Waals surface area contributed by atoms with Crippen LogP contribution in [0.3, 0.4) is 0 Å². The maximum atomic E-state index is 12.9. The standard InChI is InChI=1S/C20H20F3NO2/c21-20(22,23)16-11-9-15(10-12-16)18(14-6-2-1-3-7-14)24-13-5-4-8-17(24)19(25)26/h1-3,6-7,9-12,17-18H,4-5,8,13H2,(H,25,26). The summed E-state index contributed by atoms with van der Waals surface area (Å²) >= 11 is 0. The van der Waals surface area contributed by atoms with Crippen LogP contribution < -0.4 is 0 Å². The number of nitrogens with zero attached hydrogens (tertiary/aromatic N) is 1. The summed E-state index contributed by atoms with van der Waals surface area (Å²) in [6.45, 7) is 0.595. The molecular formula is C20H20F3NO2. The number of likely N-dealkylation sites (tertiary alicyclic amines) is 1. The van der Waals surface area contributed by atoms with E-state index in [-0.39, 0.29) is 6.04 Å². The van der Waals surface area contributed by atoms with Crippen molar-refractivity contribution >= 4 is 5.97 Å². The Morgan fingerprint density at radius 3 is 2.19 bits per heavy atom. The number of halogens is 3. The number of aliphatic carboxylic acids is 1. The minimum atomic E-state index is -4.39. The maximum Gasteiger partial charge on any atom is 0.416 e. The van der Waals surface area contributed by atoms with E-state index >= 15 is 0 Å². The fourth-order valence-corrected chi connectivity index (χ4v) is 3.59. The fourth-order valence-electron chi connectivity index (χ4n) is 3.59. The van der Waals surface area contributed by atoms with E-state index in [2.05, 4.69) is 0 Å². The predicted octanol–water partition coefficient (Wildman–Crippen LogP) is 4.73.